The van der Waals surface area contributed by atoms with Crippen LogP contribution in [0.1, 0.15) is 22.8 Å². The normalized spacial score (nSPS) is 12.1. The first-order valence-electron chi connectivity index (χ1n) is 9.19. The number of rotatable bonds is 0. The lowest BCUT2D eigenvalue weighted by atomic mass is 10.3. The van der Waals surface area contributed by atoms with Gasteiger partial charge in [-0.1, -0.05) is 0 Å². The Labute approximate surface area is 164 Å². The van der Waals surface area contributed by atoms with E-state index < -0.39 is 0 Å². The molecule has 0 saturated carbocycles. The highest BCUT2D eigenvalue weighted by Gasteiger charge is 2.01. The Kier molecular flexibility index (Phi) is 4.91. The van der Waals surface area contributed by atoms with Crippen LogP contribution >= 0.6 is 0 Å². The van der Waals surface area contributed by atoms with Crippen LogP contribution < -0.4 is 0 Å². The fourth-order valence-corrected chi connectivity index (χ4v) is 2.94. The quantitative estimate of drug-likeness (QED) is 0.411. The van der Waals surface area contributed by atoms with Gasteiger partial charge in [0.2, 0.25) is 0 Å². The minimum absolute atomic E-state index is 0.939. The van der Waals surface area contributed by atoms with Gasteiger partial charge >= 0.3 is 0 Å². The minimum atomic E-state index is 0.939. The molecule has 0 saturated heterocycles. The molecule has 0 aliphatic carbocycles. The first-order valence-corrected chi connectivity index (χ1v) is 9.19. The van der Waals surface area contributed by atoms with Crippen LogP contribution in [-0.2, 0) is 0 Å². The van der Waals surface area contributed by atoms with Crippen molar-refractivity contribution in [1.82, 2.24) is 24.8 Å². The van der Waals surface area contributed by atoms with Crippen LogP contribution in [0.25, 0.3) is 46.4 Å². The summed E-state index contributed by atoms with van der Waals surface area (Å²) >= 11 is 0. The Morgan fingerprint density at radius 2 is 0.786 bits per heavy atom. The Bertz CT molecular complexity index is 1030. The molecule has 0 fully saturated rings. The number of hydrogen-bond acceptors (Lipinski definition) is 3. The second-order valence-electron chi connectivity index (χ2n) is 7.25. The van der Waals surface area contributed by atoms with E-state index in [9.17, 15) is 0 Å². The zero-order chi connectivity index (χ0) is 19.5. The molecule has 0 aromatic carbocycles. The fourth-order valence-electron chi connectivity index (χ4n) is 2.94. The predicted octanol–water partition coefficient (Wildman–Crippen LogP) is 4.83. The number of aromatic amines is 2. The third-order valence-electron chi connectivity index (χ3n) is 4.04. The average Bonchev–Trinajstić information content (AvgIpc) is 3.39. The van der Waals surface area contributed by atoms with E-state index in [1.54, 1.807) is 0 Å². The lowest BCUT2D eigenvalue weighted by molar-refractivity contribution is 0.505. The second kappa shape index (κ2) is 7.66. The highest BCUT2D eigenvalue weighted by Crippen LogP contribution is 2.16. The molecule has 28 heavy (non-hydrogen) atoms. The number of H-pyrrole nitrogens is 2. The molecule has 2 N–H and O–H groups in total. The van der Waals surface area contributed by atoms with Crippen LogP contribution in [0.2, 0.25) is 0 Å². The van der Waals surface area contributed by atoms with Crippen LogP contribution in [0.4, 0.5) is 0 Å². The Balaban J connectivity index is 0.000000442. The molecular weight excluding hydrogens is 346 g/mol. The molecule has 2 aliphatic rings. The summed E-state index contributed by atoms with van der Waals surface area (Å²) in [5.74, 6) is 0. The molecule has 0 unspecified atom stereocenters. The maximum absolute atomic E-state index is 4.63. The number of nitrogens with one attached hydrogen (secondary N) is 2. The molecule has 5 heterocycles. The Morgan fingerprint density at radius 3 is 1.04 bits per heavy atom. The van der Waals surface area contributed by atoms with Crippen LogP contribution in [0, 0.1) is 0 Å². The lowest BCUT2D eigenvalue weighted by Gasteiger charge is -1.90. The van der Waals surface area contributed by atoms with Crippen molar-refractivity contribution >= 4 is 46.4 Å². The van der Waals surface area contributed by atoms with Gasteiger partial charge in [0.25, 0.3) is 0 Å². The third-order valence-corrected chi connectivity index (χ3v) is 4.04. The van der Waals surface area contributed by atoms with Crippen LogP contribution in [0.15, 0.2) is 48.5 Å². The lowest BCUT2D eigenvalue weighted by Crippen LogP contribution is -1.99. The molecule has 5 rings (SSSR count). The summed E-state index contributed by atoms with van der Waals surface area (Å²) in [6.45, 7) is 0. The monoisotopic (exact) mass is 369 g/mol. The maximum Gasteiger partial charge on any atom is 0.0658 e. The van der Waals surface area contributed by atoms with E-state index >= 15 is 0 Å². The van der Waals surface area contributed by atoms with E-state index in [0.29, 0.717) is 0 Å². The number of aromatic nitrogens is 4. The summed E-state index contributed by atoms with van der Waals surface area (Å²) in [5.41, 5.74) is 7.86. The Hall–Kier alpha value is -3.44. The summed E-state index contributed by atoms with van der Waals surface area (Å²) in [6, 6.07) is 16.4. The Morgan fingerprint density at radius 1 is 0.536 bits per heavy atom. The highest BCUT2D eigenvalue weighted by atomic mass is 15.0. The molecule has 3 aromatic heterocycles. The summed E-state index contributed by atoms with van der Waals surface area (Å²) in [6.07, 6.45) is 8.09. The van der Waals surface area contributed by atoms with Gasteiger partial charge in [-0.25, -0.2) is 9.97 Å². The van der Waals surface area contributed by atoms with Crippen molar-refractivity contribution in [2.24, 2.45) is 0 Å². The van der Waals surface area contributed by atoms with Gasteiger partial charge in [-0.05, 0) is 94.0 Å². The fraction of sp³-hybridized carbons (Fsp3) is 0.130. The number of hydrogen-bond donors (Lipinski definition) is 2. The van der Waals surface area contributed by atoms with E-state index in [-0.39, 0.29) is 0 Å². The van der Waals surface area contributed by atoms with Crippen LogP contribution in [0.5, 0.6) is 0 Å². The zero-order valence-electron chi connectivity index (χ0n) is 16.3. The van der Waals surface area contributed by atoms with E-state index in [0.717, 1.165) is 44.8 Å². The van der Waals surface area contributed by atoms with Gasteiger partial charge in [0.05, 0.1) is 22.8 Å². The van der Waals surface area contributed by atoms with E-state index in [2.05, 4.69) is 44.2 Å². The molecule has 5 heteroatoms. The van der Waals surface area contributed by atoms with Crippen molar-refractivity contribution in [2.45, 2.75) is 0 Å². The molecule has 2 aliphatic heterocycles. The molecule has 0 amide bonds. The van der Waals surface area contributed by atoms with Gasteiger partial charge in [0.15, 0.2) is 0 Å². The van der Waals surface area contributed by atoms with Crippen molar-refractivity contribution in [3.8, 4) is 0 Å². The van der Waals surface area contributed by atoms with Gasteiger partial charge < -0.3 is 14.9 Å². The number of fused-ring (bicyclic) bond motifs is 8. The van der Waals surface area contributed by atoms with Crippen molar-refractivity contribution in [3.05, 3.63) is 71.3 Å². The van der Waals surface area contributed by atoms with Crippen molar-refractivity contribution in [3.63, 3.8) is 0 Å². The molecule has 3 aromatic rings. The molecule has 0 spiro atoms. The first kappa shape index (κ1) is 17.9. The van der Waals surface area contributed by atoms with Crippen molar-refractivity contribution in [1.29, 1.82) is 0 Å². The van der Waals surface area contributed by atoms with E-state index in [4.69, 9.17) is 0 Å². The van der Waals surface area contributed by atoms with Gasteiger partial charge in [-0.2, -0.15) is 0 Å². The van der Waals surface area contributed by atoms with Gasteiger partial charge in [-0.3, -0.25) is 0 Å². The van der Waals surface area contributed by atoms with Gasteiger partial charge in [0.1, 0.15) is 0 Å². The van der Waals surface area contributed by atoms with Crippen LogP contribution in [-0.4, -0.2) is 46.0 Å². The minimum Gasteiger partial charge on any atom is -0.355 e. The maximum atomic E-state index is 4.63. The van der Waals surface area contributed by atoms with E-state index in [1.165, 1.54) is 0 Å². The number of nitrogens with zero attached hydrogens (tertiary/aromatic N) is 3. The van der Waals surface area contributed by atoms with Crippen molar-refractivity contribution in [2.75, 3.05) is 21.1 Å². The molecule has 140 valence electrons. The molecule has 8 bridgehead atoms. The second-order valence-corrected chi connectivity index (χ2v) is 7.25. The smallest absolute Gasteiger partial charge is 0.0658 e. The SMILES string of the molecule is C1=Cc2cc3ccc(cc4nc(cc5ccc(cc1n2)[nH]5)C=C4)[nH]3.CN(C)C. The summed E-state index contributed by atoms with van der Waals surface area (Å²) in [5, 5.41) is 0. The summed E-state index contributed by atoms with van der Waals surface area (Å²) in [4.78, 5) is 18.0. The van der Waals surface area contributed by atoms with Gasteiger partial charge in [0, 0.05) is 22.1 Å². The first-order chi connectivity index (χ1) is 13.5. The highest BCUT2D eigenvalue weighted by molar-refractivity contribution is 5.77. The third kappa shape index (κ3) is 4.45. The standard InChI is InChI=1S/C20H14N4.C3H9N/c1-2-14-10-16-5-6-18(23-16)12-20-8-7-19(24-20)11-17-4-3-15(22-17)9-13(1)21-14;1-4(2)3/h1-12,21,24H;1-3H3. The summed E-state index contributed by atoms with van der Waals surface area (Å²) in [7, 11) is 6.00. The zero-order valence-corrected chi connectivity index (χ0v) is 16.3. The molecule has 0 atom stereocenters. The van der Waals surface area contributed by atoms with Crippen molar-refractivity contribution < 1.29 is 0 Å². The average molecular weight is 369 g/mol. The van der Waals surface area contributed by atoms with Crippen LogP contribution in [0.3, 0.4) is 0 Å². The summed E-state index contributed by atoms with van der Waals surface area (Å²) < 4.78 is 0. The van der Waals surface area contributed by atoms with E-state index in [1.807, 2.05) is 74.6 Å². The largest absolute Gasteiger partial charge is 0.355 e. The van der Waals surface area contributed by atoms with Gasteiger partial charge in [-0.15, -0.1) is 0 Å². The predicted molar refractivity (Wildman–Crippen MR) is 118 cm³/mol. The molecular formula is C23H23N5. The molecule has 5 nitrogen and oxygen atoms in total. The topological polar surface area (TPSA) is 60.6 Å². The molecule has 0 radical (unpaired) electrons.